The molecule has 4 heteroatoms. The van der Waals surface area contributed by atoms with Crippen LogP contribution in [-0.4, -0.2) is 6.85 Å². The second-order valence-electron chi connectivity index (χ2n) is 25.2. The summed E-state index contributed by atoms with van der Waals surface area (Å²) < 4.78 is 0. The van der Waals surface area contributed by atoms with Gasteiger partial charge in [-0.15, -0.1) is 0 Å². The van der Waals surface area contributed by atoms with Crippen LogP contribution in [0, 0.1) is 0 Å². The highest BCUT2D eigenvalue weighted by molar-refractivity contribution is 6.93. The fraction of sp³-hybridized carbons (Fsp3) is 0.100. The van der Waals surface area contributed by atoms with Crippen molar-refractivity contribution in [2.24, 2.45) is 0 Å². The van der Waals surface area contributed by atoms with E-state index in [1.165, 1.54) is 134 Å². The molecule has 0 aromatic heterocycles. The molecule has 3 nitrogen and oxygen atoms in total. The van der Waals surface area contributed by atoms with E-state index in [0.29, 0.717) is 0 Å². The lowest BCUT2D eigenvalue weighted by Crippen LogP contribution is -2.62. The Bertz CT molecular complexity index is 4580. The molecule has 2 aliphatic carbocycles. The van der Waals surface area contributed by atoms with Gasteiger partial charge in [-0.2, -0.15) is 0 Å². The van der Waals surface area contributed by atoms with Crippen molar-refractivity contribution in [3.63, 3.8) is 0 Å². The smallest absolute Gasteiger partial charge is 0.333 e. The molecular weight excluding hydrogens is 1010 g/mol. The highest BCUT2D eigenvalue weighted by atomic mass is 15.2. The summed E-state index contributed by atoms with van der Waals surface area (Å²) in [6.07, 6.45) is 0. The second kappa shape index (κ2) is 17.8. The van der Waals surface area contributed by atoms with Gasteiger partial charge >= 0.3 is 6.85 Å². The third-order valence-corrected chi connectivity index (χ3v) is 19.3. The lowest BCUT2D eigenvalue weighted by Gasteiger charge is -2.52. The van der Waals surface area contributed by atoms with E-state index in [-0.39, 0.29) is 17.7 Å². The molecule has 3 aliphatic heterocycles. The molecule has 1 spiro atoms. The van der Waals surface area contributed by atoms with Crippen molar-refractivity contribution in [1.82, 2.24) is 0 Å². The first-order valence-electron chi connectivity index (χ1n) is 29.8. The molecular formula is C80H60BN3. The zero-order valence-electron chi connectivity index (χ0n) is 47.9. The minimum absolute atomic E-state index is 0.0167. The molecule has 17 rings (SSSR count). The van der Waals surface area contributed by atoms with E-state index in [4.69, 9.17) is 0 Å². The van der Waals surface area contributed by atoms with Gasteiger partial charge in [0.05, 0.1) is 11.1 Å². The third kappa shape index (κ3) is 6.77. The minimum atomic E-state index is -0.590. The Morgan fingerprint density at radius 1 is 0.357 bits per heavy atom. The zero-order chi connectivity index (χ0) is 56.2. The van der Waals surface area contributed by atoms with E-state index in [9.17, 15) is 0 Å². The first-order valence-corrected chi connectivity index (χ1v) is 29.8. The van der Waals surface area contributed by atoms with Gasteiger partial charge in [0.15, 0.2) is 0 Å². The van der Waals surface area contributed by atoms with Crippen LogP contribution in [0.2, 0.25) is 0 Å². The Morgan fingerprint density at radius 3 is 1.50 bits per heavy atom. The van der Waals surface area contributed by atoms with E-state index in [1.54, 1.807) is 0 Å². The van der Waals surface area contributed by atoms with Crippen LogP contribution >= 0.6 is 0 Å². The summed E-state index contributed by atoms with van der Waals surface area (Å²) in [6, 6.07) is 104. The van der Waals surface area contributed by atoms with Gasteiger partial charge in [-0.1, -0.05) is 241 Å². The summed E-state index contributed by atoms with van der Waals surface area (Å²) in [5, 5.41) is 0. The Morgan fingerprint density at radius 2 is 0.881 bits per heavy atom. The fourth-order valence-electron chi connectivity index (χ4n) is 15.6. The molecule has 5 aliphatic rings. The van der Waals surface area contributed by atoms with Crippen LogP contribution in [0.1, 0.15) is 73.6 Å². The molecule has 0 bridgehead atoms. The van der Waals surface area contributed by atoms with Gasteiger partial charge < -0.3 is 14.6 Å². The summed E-state index contributed by atoms with van der Waals surface area (Å²) in [5.74, 6) is 0. The van der Waals surface area contributed by atoms with Crippen LogP contribution in [0.15, 0.2) is 273 Å². The van der Waals surface area contributed by atoms with Gasteiger partial charge in [0.2, 0.25) is 0 Å². The number of hydrogen-bond donors (Lipinski definition) is 0. The number of anilines is 8. The van der Waals surface area contributed by atoms with Crippen LogP contribution < -0.4 is 25.5 Å². The van der Waals surface area contributed by atoms with Crippen LogP contribution in [0.3, 0.4) is 0 Å². The summed E-state index contributed by atoms with van der Waals surface area (Å²) in [5.41, 5.74) is 32.7. The quantitative estimate of drug-likeness (QED) is 0.154. The van der Waals surface area contributed by atoms with E-state index in [2.05, 4.69) is 322 Å². The number of nitrogens with zero attached hydrogens (tertiary/aromatic N) is 3. The number of hydrogen-bond acceptors (Lipinski definition) is 3. The predicted molar refractivity (Wildman–Crippen MR) is 353 cm³/mol. The SMILES string of the molecule is CC(C)(C)c1ccc(N2B3c4cccc5c4N(c4ccccc4C54c5ccccc5-c5ccccc54)c4cc(N(c5cccc(-c6ccccc6)c5)c5cccc(-c6ccccc6)c5)cc(c43)-c3cc4c(cc32)-c2ccccc2C4(C)C)cc1. The van der Waals surface area contributed by atoms with Gasteiger partial charge in [-0.25, -0.2) is 0 Å². The first kappa shape index (κ1) is 48.8. The lowest BCUT2D eigenvalue weighted by atomic mass is 9.42. The van der Waals surface area contributed by atoms with Crippen LogP contribution in [-0.2, 0) is 16.2 Å². The normalized spacial score (nSPS) is 14.6. The Labute approximate surface area is 493 Å². The molecule has 0 saturated carbocycles. The monoisotopic (exact) mass is 1070 g/mol. The Kier molecular flexibility index (Phi) is 10.3. The first-order chi connectivity index (χ1) is 41.1. The van der Waals surface area contributed by atoms with Crippen LogP contribution in [0.25, 0.3) is 55.6 Å². The number of para-hydroxylation sites is 2. The largest absolute Gasteiger partial charge is 0.376 e. The molecule has 0 amide bonds. The molecule has 398 valence electrons. The van der Waals surface area contributed by atoms with Crippen molar-refractivity contribution >= 4 is 63.3 Å². The molecule has 84 heavy (non-hydrogen) atoms. The summed E-state index contributed by atoms with van der Waals surface area (Å²) in [6.45, 7) is 11.6. The number of rotatable bonds is 6. The van der Waals surface area contributed by atoms with Gasteiger partial charge in [0, 0.05) is 50.8 Å². The third-order valence-electron chi connectivity index (χ3n) is 19.3. The van der Waals surface area contributed by atoms with Crippen molar-refractivity contribution < 1.29 is 0 Å². The lowest BCUT2D eigenvalue weighted by molar-refractivity contribution is 0.590. The average Bonchev–Trinajstić information content (AvgIpc) is 1.20. The molecule has 0 atom stereocenters. The molecule has 0 N–H and O–H groups in total. The highest BCUT2D eigenvalue weighted by Crippen LogP contribution is 2.65. The van der Waals surface area contributed by atoms with Gasteiger partial charge in [-0.05, 0) is 172 Å². The maximum Gasteiger partial charge on any atom is 0.333 e. The van der Waals surface area contributed by atoms with Gasteiger partial charge in [0.1, 0.15) is 0 Å². The average molecular weight is 1070 g/mol. The summed E-state index contributed by atoms with van der Waals surface area (Å²) in [4.78, 5) is 7.94. The molecule has 3 heterocycles. The standard InChI is InChI=1S/C80H60BN3/c1-78(2,3)55-41-43-56(44-42-55)84-74-50-63-62-33-12-15-34-66(62)79(4,5)71(63)49-64(74)65-47-59(82(57-29-20-27-53(45-57)51-23-8-6-9-24-51)58-30-21-28-54(46-58)52-25-10-7-11-26-52)48-75-76(65)81(84)72-39-22-38-70-77(72)83(75)73-40-19-18-37-69(73)80(70)67-35-16-13-31-60(67)61-32-14-17-36-68(61)80/h6-50H,1-5H3. The predicted octanol–water partition coefficient (Wildman–Crippen LogP) is 19.5. The van der Waals surface area contributed by atoms with E-state index in [0.717, 1.165) is 17.1 Å². The fourth-order valence-corrected chi connectivity index (χ4v) is 15.6. The van der Waals surface area contributed by atoms with Crippen LogP contribution in [0.5, 0.6) is 0 Å². The highest BCUT2D eigenvalue weighted by Gasteiger charge is 2.56. The van der Waals surface area contributed by atoms with E-state index in [1.807, 2.05) is 0 Å². The molecule has 0 saturated heterocycles. The van der Waals surface area contributed by atoms with Gasteiger partial charge in [-0.3, -0.25) is 0 Å². The topological polar surface area (TPSA) is 9.72 Å². The molecule has 12 aromatic rings. The van der Waals surface area contributed by atoms with Crippen molar-refractivity contribution in [3.05, 3.63) is 312 Å². The second-order valence-corrected chi connectivity index (χ2v) is 25.2. The molecule has 0 radical (unpaired) electrons. The van der Waals surface area contributed by atoms with Gasteiger partial charge in [0.25, 0.3) is 0 Å². The van der Waals surface area contributed by atoms with E-state index < -0.39 is 5.41 Å². The summed E-state index contributed by atoms with van der Waals surface area (Å²) >= 11 is 0. The van der Waals surface area contributed by atoms with E-state index >= 15 is 0 Å². The number of fused-ring (bicyclic) bond motifs is 16. The molecule has 12 aromatic carbocycles. The minimum Gasteiger partial charge on any atom is -0.376 e. The Hall–Kier alpha value is -9.90. The molecule has 0 fully saturated rings. The van der Waals surface area contributed by atoms with Crippen molar-refractivity contribution in [3.8, 4) is 55.6 Å². The zero-order valence-corrected chi connectivity index (χ0v) is 47.9. The number of benzene rings is 12. The Balaban J connectivity index is 1.02. The molecule has 0 unspecified atom stereocenters. The summed E-state index contributed by atoms with van der Waals surface area (Å²) in [7, 11) is 0. The van der Waals surface area contributed by atoms with Crippen molar-refractivity contribution in [1.29, 1.82) is 0 Å². The maximum atomic E-state index is 2.72. The maximum absolute atomic E-state index is 2.72. The van der Waals surface area contributed by atoms with Crippen LogP contribution in [0.4, 0.5) is 45.5 Å². The van der Waals surface area contributed by atoms with Crippen molar-refractivity contribution in [2.45, 2.75) is 50.9 Å². The van der Waals surface area contributed by atoms with Crippen molar-refractivity contribution in [2.75, 3.05) is 14.6 Å².